The lowest BCUT2D eigenvalue weighted by Gasteiger charge is -2.38. The van der Waals surface area contributed by atoms with Crippen molar-refractivity contribution in [3.8, 4) is 0 Å². The molecule has 3 atom stereocenters. The quantitative estimate of drug-likeness (QED) is 0.435. The number of methoxy groups -OCH3 is 1. The van der Waals surface area contributed by atoms with Crippen LogP contribution in [0.4, 0.5) is 0 Å². The molecule has 0 saturated carbocycles. The van der Waals surface area contributed by atoms with Crippen molar-refractivity contribution in [1.82, 2.24) is 5.32 Å². The third-order valence-electron chi connectivity index (χ3n) is 5.69. The summed E-state index contributed by atoms with van der Waals surface area (Å²) < 4.78 is 10.2. The van der Waals surface area contributed by atoms with Crippen molar-refractivity contribution < 1.29 is 23.9 Å². The Morgan fingerprint density at radius 3 is 2.47 bits per heavy atom. The van der Waals surface area contributed by atoms with Crippen LogP contribution < -0.4 is 5.32 Å². The highest BCUT2D eigenvalue weighted by molar-refractivity contribution is 7.98. The molecule has 6 nitrogen and oxygen atoms in total. The molecule has 0 amide bonds. The fourth-order valence-corrected chi connectivity index (χ4v) is 4.70. The Labute approximate surface area is 181 Å². The van der Waals surface area contributed by atoms with Crippen molar-refractivity contribution >= 4 is 29.5 Å². The molecule has 0 spiro atoms. The molecule has 1 heterocycles. The number of Topliss-reactive ketones (excluding diaryl/α,β-unsaturated/α-hetero) is 1. The molecule has 0 fully saturated rings. The Hall–Kier alpha value is -2.54. The maximum atomic E-state index is 13.5. The summed E-state index contributed by atoms with van der Waals surface area (Å²) in [5, 5.41) is 3.25. The molecule has 1 aromatic carbocycles. The third kappa shape index (κ3) is 3.90. The molecule has 1 aliphatic heterocycles. The Morgan fingerprint density at radius 2 is 1.90 bits per heavy atom. The number of ether oxygens (including phenoxy) is 2. The van der Waals surface area contributed by atoms with Gasteiger partial charge in [-0.25, -0.2) is 4.79 Å². The van der Waals surface area contributed by atoms with Crippen molar-refractivity contribution in [1.29, 1.82) is 0 Å². The second-order valence-electron chi connectivity index (χ2n) is 7.53. The molecule has 1 aromatic rings. The van der Waals surface area contributed by atoms with Gasteiger partial charge in [-0.15, -0.1) is 11.8 Å². The SMILES string of the molecule is CCOC(=O)C1=C(C)NC2=C(C(=O)[C@H](C(=O)OC)[C@H](C)C2)[C@H]1c1ccc(SC)cc1. The van der Waals surface area contributed by atoms with E-state index in [1.54, 1.807) is 18.7 Å². The average Bonchev–Trinajstić information content (AvgIpc) is 2.72. The van der Waals surface area contributed by atoms with Crippen molar-refractivity contribution in [3.63, 3.8) is 0 Å². The van der Waals surface area contributed by atoms with Crippen LogP contribution in [0.2, 0.25) is 0 Å². The van der Waals surface area contributed by atoms with Gasteiger partial charge in [-0.2, -0.15) is 0 Å². The van der Waals surface area contributed by atoms with E-state index in [2.05, 4.69) is 5.32 Å². The molecule has 7 heteroatoms. The van der Waals surface area contributed by atoms with E-state index in [0.717, 1.165) is 16.2 Å². The van der Waals surface area contributed by atoms with Gasteiger partial charge in [-0.05, 0) is 50.1 Å². The van der Waals surface area contributed by atoms with Gasteiger partial charge in [-0.1, -0.05) is 19.1 Å². The van der Waals surface area contributed by atoms with Gasteiger partial charge in [-0.3, -0.25) is 9.59 Å². The number of hydrogen-bond donors (Lipinski definition) is 1. The first-order chi connectivity index (χ1) is 14.3. The van der Waals surface area contributed by atoms with Gasteiger partial charge < -0.3 is 14.8 Å². The maximum absolute atomic E-state index is 13.5. The highest BCUT2D eigenvalue weighted by Crippen LogP contribution is 2.45. The smallest absolute Gasteiger partial charge is 0.336 e. The van der Waals surface area contributed by atoms with Gasteiger partial charge in [0, 0.05) is 27.8 Å². The molecule has 0 bridgehead atoms. The molecule has 0 unspecified atom stereocenters. The van der Waals surface area contributed by atoms with E-state index in [4.69, 9.17) is 9.47 Å². The fraction of sp³-hybridized carbons (Fsp3) is 0.435. The number of carbonyl (C=O) groups is 3. The lowest BCUT2D eigenvalue weighted by atomic mass is 9.69. The molecule has 0 aromatic heterocycles. The number of allylic oxidation sites excluding steroid dienone is 3. The summed E-state index contributed by atoms with van der Waals surface area (Å²) in [7, 11) is 1.29. The fourth-order valence-electron chi connectivity index (χ4n) is 4.29. The standard InChI is InChI=1S/C23H27NO5S/c1-6-29-23(27)18-13(3)24-16-11-12(2)17(22(26)28-4)21(25)20(16)19(18)14-7-9-15(30-5)10-8-14/h7-10,12,17,19,24H,6,11H2,1-5H3/t12-,17-,19+/m1/s1. The Bertz CT molecular complexity index is 931. The average molecular weight is 430 g/mol. The van der Waals surface area contributed by atoms with E-state index in [1.807, 2.05) is 44.4 Å². The number of hydrogen-bond acceptors (Lipinski definition) is 7. The van der Waals surface area contributed by atoms with E-state index >= 15 is 0 Å². The van der Waals surface area contributed by atoms with Crippen LogP contribution in [0.25, 0.3) is 0 Å². The highest BCUT2D eigenvalue weighted by Gasteiger charge is 2.47. The molecule has 0 saturated heterocycles. The van der Waals surface area contributed by atoms with Crippen LogP contribution in [0.15, 0.2) is 51.7 Å². The summed E-state index contributed by atoms with van der Waals surface area (Å²) in [5.74, 6) is -2.98. The third-order valence-corrected chi connectivity index (χ3v) is 6.43. The summed E-state index contributed by atoms with van der Waals surface area (Å²) in [4.78, 5) is 39.9. The van der Waals surface area contributed by atoms with Crippen molar-refractivity contribution in [2.45, 2.75) is 38.0 Å². The van der Waals surface area contributed by atoms with Crippen LogP contribution in [0.1, 0.15) is 38.7 Å². The molecule has 1 N–H and O–H groups in total. The van der Waals surface area contributed by atoms with Crippen LogP contribution in [0.3, 0.4) is 0 Å². The zero-order chi connectivity index (χ0) is 22.0. The van der Waals surface area contributed by atoms with E-state index in [9.17, 15) is 14.4 Å². The van der Waals surface area contributed by atoms with Crippen molar-refractivity contribution in [2.75, 3.05) is 20.0 Å². The molecular weight excluding hydrogens is 402 g/mol. The minimum Gasteiger partial charge on any atom is -0.468 e. The topological polar surface area (TPSA) is 81.7 Å². The van der Waals surface area contributed by atoms with Gasteiger partial charge in [0.25, 0.3) is 0 Å². The minimum absolute atomic E-state index is 0.201. The number of carbonyl (C=O) groups excluding carboxylic acids is 3. The normalized spacial score (nSPS) is 23.6. The Kier molecular flexibility index (Phi) is 6.71. The van der Waals surface area contributed by atoms with Gasteiger partial charge in [0.1, 0.15) is 5.92 Å². The number of thioether (sulfide) groups is 1. The number of esters is 2. The molecule has 160 valence electrons. The minimum atomic E-state index is -0.884. The summed E-state index contributed by atoms with van der Waals surface area (Å²) in [6, 6.07) is 7.79. The molecule has 30 heavy (non-hydrogen) atoms. The maximum Gasteiger partial charge on any atom is 0.336 e. The van der Waals surface area contributed by atoms with E-state index < -0.39 is 23.8 Å². The van der Waals surface area contributed by atoms with E-state index in [0.29, 0.717) is 23.3 Å². The van der Waals surface area contributed by atoms with E-state index in [1.165, 1.54) is 7.11 Å². The second-order valence-corrected chi connectivity index (χ2v) is 8.41. The van der Waals surface area contributed by atoms with Gasteiger partial charge in [0.15, 0.2) is 5.78 Å². The van der Waals surface area contributed by atoms with Gasteiger partial charge in [0.05, 0.1) is 19.3 Å². The number of benzene rings is 1. The zero-order valence-electron chi connectivity index (χ0n) is 17.9. The summed E-state index contributed by atoms with van der Waals surface area (Å²) in [6.45, 7) is 5.67. The highest BCUT2D eigenvalue weighted by atomic mass is 32.2. The largest absolute Gasteiger partial charge is 0.468 e. The second kappa shape index (κ2) is 9.08. The van der Waals surface area contributed by atoms with Crippen LogP contribution in [0.5, 0.6) is 0 Å². The van der Waals surface area contributed by atoms with Crippen molar-refractivity contribution in [3.05, 3.63) is 52.4 Å². The zero-order valence-corrected chi connectivity index (χ0v) is 18.7. The van der Waals surface area contributed by atoms with Gasteiger partial charge in [0.2, 0.25) is 0 Å². The first-order valence-electron chi connectivity index (χ1n) is 9.97. The van der Waals surface area contributed by atoms with Crippen LogP contribution in [0, 0.1) is 11.8 Å². The number of dihydropyridines is 1. The number of ketones is 1. The first kappa shape index (κ1) is 22.2. The first-order valence-corrected chi connectivity index (χ1v) is 11.2. The lowest BCUT2D eigenvalue weighted by molar-refractivity contribution is -0.151. The Balaban J connectivity index is 2.17. The van der Waals surface area contributed by atoms with Crippen LogP contribution in [-0.2, 0) is 23.9 Å². The van der Waals surface area contributed by atoms with Crippen molar-refractivity contribution in [2.24, 2.45) is 11.8 Å². The number of rotatable bonds is 5. The summed E-state index contributed by atoms with van der Waals surface area (Å²) in [6.07, 6.45) is 2.51. The molecular formula is C23H27NO5S. The predicted molar refractivity (Wildman–Crippen MR) is 115 cm³/mol. The summed E-state index contributed by atoms with van der Waals surface area (Å²) in [5.41, 5.74) is 3.10. The summed E-state index contributed by atoms with van der Waals surface area (Å²) >= 11 is 1.61. The molecule has 2 aliphatic rings. The van der Waals surface area contributed by atoms with Crippen LogP contribution in [-0.4, -0.2) is 37.7 Å². The monoisotopic (exact) mass is 429 g/mol. The van der Waals surface area contributed by atoms with Gasteiger partial charge >= 0.3 is 11.9 Å². The van der Waals surface area contributed by atoms with E-state index in [-0.39, 0.29) is 18.3 Å². The van der Waals surface area contributed by atoms with Crippen LogP contribution >= 0.6 is 11.8 Å². The Morgan fingerprint density at radius 1 is 1.23 bits per heavy atom. The molecule has 0 radical (unpaired) electrons. The lowest BCUT2D eigenvalue weighted by Crippen LogP contribution is -2.43. The molecule has 3 rings (SSSR count). The predicted octanol–water partition coefficient (Wildman–Crippen LogP) is 3.58. The number of nitrogens with one attached hydrogen (secondary N) is 1. The molecule has 1 aliphatic carbocycles.